The lowest BCUT2D eigenvalue weighted by Crippen LogP contribution is -2.06. The van der Waals surface area contributed by atoms with Crippen LogP contribution in [0.2, 0.25) is 0 Å². The molecule has 0 amide bonds. The third kappa shape index (κ3) is 2.67. The number of carboxylic acid groups (broad SMARTS) is 1. The highest BCUT2D eigenvalue weighted by molar-refractivity contribution is 5.84. The van der Waals surface area contributed by atoms with Crippen molar-refractivity contribution in [1.82, 2.24) is 20.2 Å². The number of aromatic nitrogens is 4. The van der Waals surface area contributed by atoms with Gasteiger partial charge in [-0.2, -0.15) is 4.68 Å². The van der Waals surface area contributed by atoms with Gasteiger partial charge in [-0.15, -0.1) is 5.10 Å². The zero-order chi connectivity index (χ0) is 13.8. The van der Waals surface area contributed by atoms with Crippen LogP contribution in [0.15, 0.2) is 24.3 Å². The Bertz CT molecular complexity index is 631. The molecule has 1 N–H and O–H groups in total. The van der Waals surface area contributed by atoms with Crippen LogP contribution in [0.3, 0.4) is 0 Å². The highest BCUT2D eigenvalue weighted by atomic mass is 16.4. The van der Waals surface area contributed by atoms with E-state index in [0.717, 1.165) is 29.3 Å². The van der Waals surface area contributed by atoms with E-state index >= 15 is 0 Å². The fraction of sp³-hybridized carbons (Fsp3) is 0.231. The summed E-state index contributed by atoms with van der Waals surface area (Å²) in [5.41, 5.74) is 3.05. The minimum absolute atomic E-state index is 0.395. The summed E-state index contributed by atoms with van der Waals surface area (Å²) in [5, 5.41) is 20.1. The standard InChI is InChI=1S/C13H14N4O2/c1-3-10-6-4-5-9(2)13(10)17-11(14-15-16-17)7-8-12(18)19/h4-8H,3H2,1-2H3,(H,18,19)/b8-7+. The van der Waals surface area contributed by atoms with Gasteiger partial charge in [0.05, 0.1) is 5.69 Å². The van der Waals surface area contributed by atoms with Crippen molar-refractivity contribution in [2.24, 2.45) is 0 Å². The van der Waals surface area contributed by atoms with Crippen molar-refractivity contribution in [3.8, 4) is 5.69 Å². The number of aryl methyl sites for hydroxylation is 2. The molecule has 0 unspecified atom stereocenters. The Labute approximate surface area is 110 Å². The van der Waals surface area contributed by atoms with Gasteiger partial charge in [0.15, 0.2) is 5.82 Å². The number of aliphatic carboxylic acids is 1. The second kappa shape index (κ2) is 5.43. The van der Waals surface area contributed by atoms with E-state index in [1.807, 2.05) is 25.1 Å². The SMILES string of the molecule is CCc1cccc(C)c1-n1nnnc1/C=C/C(=O)O. The monoisotopic (exact) mass is 258 g/mol. The number of benzene rings is 1. The number of hydrogen-bond acceptors (Lipinski definition) is 4. The van der Waals surface area contributed by atoms with Crippen molar-refractivity contribution in [2.45, 2.75) is 20.3 Å². The first-order valence-corrected chi connectivity index (χ1v) is 5.91. The molecule has 0 aliphatic carbocycles. The first kappa shape index (κ1) is 12.9. The highest BCUT2D eigenvalue weighted by Gasteiger charge is 2.12. The van der Waals surface area contributed by atoms with Crippen LogP contribution in [-0.2, 0) is 11.2 Å². The van der Waals surface area contributed by atoms with Gasteiger partial charge in [-0.3, -0.25) is 0 Å². The average molecular weight is 258 g/mol. The van der Waals surface area contributed by atoms with Gasteiger partial charge in [-0.05, 0) is 41.0 Å². The van der Waals surface area contributed by atoms with Crippen molar-refractivity contribution in [3.05, 3.63) is 41.2 Å². The molecule has 6 nitrogen and oxygen atoms in total. The molecule has 0 aliphatic rings. The zero-order valence-electron chi connectivity index (χ0n) is 10.7. The van der Waals surface area contributed by atoms with Gasteiger partial charge in [0, 0.05) is 6.08 Å². The fourth-order valence-corrected chi connectivity index (χ4v) is 1.91. The highest BCUT2D eigenvalue weighted by Crippen LogP contribution is 2.20. The van der Waals surface area contributed by atoms with Crippen molar-refractivity contribution in [1.29, 1.82) is 0 Å². The molecular weight excluding hydrogens is 244 g/mol. The second-order valence-corrected chi connectivity index (χ2v) is 4.06. The molecule has 0 atom stereocenters. The van der Waals surface area contributed by atoms with Crippen LogP contribution >= 0.6 is 0 Å². The second-order valence-electron chi connectivity index (χ2n) is 4.06. The Morgan fingerprint density at radius 2 is 2.26 bits per heavy atom. The van der Waals surface area contributed by atoms with E-state index in [4.69, 9.17) is 5.11 Å². The molecule has 2 rings (SSSR count). The topological polar surface area (TPSA) is 80.9 Å². The summed E-state index contributed by atoms with van der Waals surface area (Å²) in [5.74, 6) is -0.638. The normalized spacial score (nSPS) is 11.1. The van der Waals surface area contributed by atoms with Gasteiger partial charge >= 0.3 is 5.97 Å². The van der Waals surface area contributed by atoms with Crippen LogP contribution in [-0.4, -0.2) is 31.3 Å². The third-order valence-corrected chi connectivity index (χ3v) is 2.78. The van der Waals surface area contributed by atoms with Crippen LogP contribution < -0.4 is 0 Å². The number of nitrogens with zero attached hydrogens (tertiary/aromatic N) is 4. The van der Waals surface area contributed by atoms with Gasteiger partial charge in [-0.25, -0.2) is 4.79 Å². The predicted octanol–water partition coefficient (Wildman–Crippen LogP) is 1.63. The summed E-state index contributed by atoms with van der Waals surface area (Å²) < 4.78 is 1.56. The number of rotatable bonds is 4. The van der Waals surface area contributed by atoms with Crippen LogP contribution in [0.5, 0.6) is 0 Å². The molecule has 0 spiro atoms. The lowest BCUT2D eigenvalue weighted by Gasteiger charge is -2.11. The molecule has 98 valence electrons. The van der Waals surface area contributed by atoms with E-state index in [2.05, 4.69) is 22.4 Å². The van der Waals surface area contributed by atoms with Crippen molar-refractivity contribution < 1.29 is 9.90 Å². The predicted molar refractivity (Wildman–Crippen MR) is 69.9 cm³/mol. The average Bonchev–Trinajstić information content (AvgIpc) is 2.83. The van der Waals surface area contributed by atoms with Crippen molar-refractivity contribution in [3.63, 3.8) is 0 Å². The maximum atomic E-state index is 10.6. The largest absolute Gasteiger partial charge is 0.478 e. The minimum atomic E-state index is -1.03. The van der Waals surface area contributed by atoms with Gasteiger partial charge in [-0.1, -0.05) is 25.1 Å². The summed E-state index contributed by atoms with van der Waals surface area (Å²) in [7, 11) is 0. The van der Waals surface area contributed by atoms with E-state index in [1.54, 1.807) is 4.68 Å². The van der Waals surface area contributed by atoms with E-state index in [1.165, 1.54) is 6.08 Å². The Kier molecular flexibility index (Phi) is 3.70. The number of hydrogen-bond donors (Lipinski definition) is 1. The molecule has 1 aromatic carbocycles. The third-order valence-electron chi connectivity index (χ3n) is 2.78. The van der Waals surface area contributed by atoms with Crippen LogP contribution in [0, 0.1) is 6.92 Å². The van der Waals surface area contributed by atoms with Gasteiger partial charge in [0.1, 0.15) is 0 Å². The summed E-state index contributed by atoms with van der Waals surface area (Å²) >= 11 is 0. The molecule has 6 heteroatoms. The van der Waals surface area contributed by atoms with Gasteiger partial charge < -0.3 is 5.11 Å². The van der Waals surface area contributed by atoms with Crippen LogP contribution in [0.25, 0.3) is 11.8 Å². The molecule has 0 aliphatic heterocycles. The zero-order valence-corrected chi connectivity index (χ0v) is 10.7. The van der Waals surface area contributed by atoms with Gasteiger partial charge in [0.2, 0.25) is 0 Å². The van der Waals surface area contributed by atoms with E-state index in [0.29, 0.717) is 5.82 Å². The molecule has 0 bridgehead atoms. The number of para-hydroxylation sites is 1. The quantitative estimate of drug-likeness (QED) is 0.843. The Morgan fingerprint density at radius 1 is 1.47 bits per heavy atom. The Balaban J connectivity index is 2.54. The molecule has 19 heavy (non-hydrogen) atoms. The van der Waals surface area contributed by atoms with Gasteiger partial charge in [0.25, 0.3) is 0 Å². The molecule has 0 saturated heterocycles. The lowest BCUT2D eigenvalue weighted by molar-refractivity contribution is -0.131. The Hall–Kier alpha value is -2.50. The Morgan fingerprint density at radius 3 is 2.95 bits per heavy atom. The fourth-order valence-electron chi connectivity index (χ4n) is 1.91. The summed E-state index contributed by atoms with van der Waals surface area (Å²) in [6, 6.07) is 5.96. The molecule has 2 aromatic rings. The number of tetrazole rings is 1. The number of carbonyl (C=O) groups is 1. The van der Waals surface area contributed by atoms with Crippen LogP contribution in [0.1, 0.15) is 23.9 Å². The lowest BCUT2D eigenvalue weighted by atomic mass is 10.1. The summed E-state index contributed by atoms with van der Waals surface area (Å²) in [6.45, 7) is 4.02. The molecule has 0 fully saturated rings. The maximum absolute atomic E-state index is 10.6. The van der Waals surface area contributed by atoms with Crippen LogP contribution in [0.4, 0.5) is 0 Å². The molecule has 0 radical (unpaired) electrons. The van der Waals surface area contributed by atoms with E-state index in [-0.39, 0.29) is 0 Å². The molecule has 0 saturated carbocycles. The van der Waals surface area contributed by atoms with E-state index in [9.17, 15) is 4.79 Å². The minimum Gasteiger partial charge on any atom is -0.478 e. The van der Waals surface area contributed by atoms with E-state index < -0.39 is 5.97 Å². The van der Waals surface area contributed by atoms with Crippen molar-refractivity contribution >= 4 is 12.0 Å². The van der Waals surface area contributed by atoms with Crippen molar-refractivity contribution in [2.75, 3.05) is 0 Å². The molecule has 1 heterocycles. The summed E-state index contributed by atoms with van der Waals surface area (Å²) in [6.07, 6.45) is 3.25. The molecular formula is C13H14N4O2. The first-order valence-electron chi connectivity index (χ1n) is 5.91. The molecule has 1 aromatic heterocycles. The number of carboxylic acids is 1. The summed E-state index contributed by atoms with van der Waals surface area (Å²) in [4.78, 5) is 10.6. The maximum Gasteiger partial charge on any atom is 0.328 e. The first-order chi connectivity index (χ1) is 9.13. The smallest absolute Gasteiger partial charge is 0.328 e.